The number of alkyl halides is 3. The van der Waals surface area contributed by atoms with Crippen molar-refractivity contribution in [3.63, 3.8) is 0 Å². The Hall–Kier alpha value is -4.29. The highest BCUT2D eigenvalue weighted by Crippen LogP contribution is 2.38. The summed E-state index contributed by atoms with van der Waals surface area (Å²) in [6.45, 7) is 5.63. The predicted octanol–water partition coefficient (Wildman–Crippen LogP) is 4.39. The van der Waals surface area contributed by atoms with Crippen LogP contribution in [0.2, 0.25) is 0 Å². The van der Waals surface area contributed by atoms with E-state index < -0.39 is 17.6 Å². The highest BCUT2D eigenvalue weighted by atomic mass is 19.4. The van der Waals surface area contributed by atoms with E-state index in [9.17, 15) is 18.0 Å². The van der Waals surface area contributed by atoms with Gasteiger partial charge >= 0.3 is 6.18 Å². The Morgan fingerprint density at radius 1 is 1.15 bits per heavy atom. The number of amides is 1. The molecule has 0 aliphatic carbocycles. The highest BCUT2D eigenvalue weighted by molar-refractivity contribution is 6.06. The Morgan fingerprint density at radius 2 is 1.87 bits per heavy atom. The summed E-state index contributed by atoms with van der Waals surface area (Å²) in [6.07, 6.45) is -0.169. The molecule has 12 heteroatoms. The molecule has 0 aliphatic heterocycles. The summed E-state index contributed by atoms with van der Waals surface area (Å²) in [6, 6.07) is 8.22. The Morgan fingerprint density at radius 3 is 2.49 bits per heavy atom. The van der Waals surface area contributed by atoms with E-state index in [4.69, 9.17) is 22.0 Å². The number of halogens is 3. The van der Waals surface area contributed by atoms with Crippen molar-refractivity contribution in [1.29, 1.82) is 0 Å². The minimum absolute atomic E-state index is 0.0195. The number of hydrogen-bond donors (Lipinski definition) is 5. The number of aryl methyl sites for hydroxylation is 1. The standard InChI is InChI=1S/C27H32F3N7O2/c1-15(2)35-12-19-7-20(27(28,29)30)10-23(25(19)39-4)36-26(38)17-6-5-16(3)24(9-17)37(33)14-22(32)18-8-21(31)13-34-11-18/h5-11,13-15,35H,12,31-33H2,1-4H3,(H,36,38)/b22-14-. The second kappa shape index (κ2) is 12.0. The molecule has 1 heterocycles. The summed E-state index contributed by atoms with van der Waals surface area (Å²) in [5.74, 6) is 5.70. The van der Waals surface area contributed by atoms with Crippen molar-refractivity contribution in [3.8, 4) is 5.75 Å². The molecule has 0 saturated carbocycles. The minimum atomic E-state index is -4.62. The number of nitrogens with zero attached hydrogens (tertiary/aromatic N) is 2. The molecule has 0 aliphatic rings. The van der Waals surface area contributed by atoms with Gasteiger partial charge in [-0.05, 0) is 42.8 Å². The fraction of sp³-hybridized carbons (Fsp3) is 0.259. The summed E-state index contributed by atoms with van der Waals surface area (Å²) < 4.78 is 46.4. The molecule has 208 valence electrons. The van der Waals surface area contributed by atoms with Gasteiger partial charge in [-0.2, -0.15) is 13.2 Å². The smallest absolute Gasteiger partial charge is 0.416 e. The summed E-state index contributed by atoms with van der Waals surface area (Å²) >= 11 is 0. The van der Waals surface area contributed by atoms with E-state index in [-0.39, 0.29) is 40.8 Å². The number of benzene rings is 2. The molecular weight excluding hydrogens is 511 g/mol. The topological polar surface area (TPSA) is 145 Å². The van der Waals surface area contributed by atoms with Crippen molar-refractivity contribution >= 4 is 28.7 Å². The first-order chi connectivity index (χ1) is 18.3. The number of hydrogen-bond acceptors (Lipinski definition) is 8. The molecule has 3 rings (SSSR count). The zero-order chi connectivity index (χ0) is 28.9. The molecule has 0 unspecified atom stereocenters. The molecular formula is C27H32F3N7O2. The maximum Gasteiger partial charge on any atom is 0.416 e. The summed E-state index contributed by atoms with van der Waals surface area (Å²) in [4.78, 5) is 17.2. The lowest BCUT2D eigenvalue weighted by atomic mass is 10.1. The number of ether oxygens (including phenoxy) is 1. The van der Waals surface area contributed by atoms with Crippen LogP contribution in [0.25, 0.3) is 5.70 Å². The molecule has 1 aromatic heterocycles. The largest absolute Gasteiger partial charge is 0.494 e. The van der Waals surface area contributed by atoms with Crippen LogP contribution < -0.4 is 37.7 Å². The van der Waals surface area contributed by atoms with E-state index in [1.807, 2.05) is 13.8 Å². The van der Waals surface area contributed by atoms with Gasteiger partial charge in [0.25, 0.3) is 5.91 Å². The first kappa shape index (κ1) is 29.3. The number of hydrazine groups is 1. The average Bonchev–Trinajstić information content (AvgIpc) is 2.86. The van der Waals surface area contributed by atoms with E-state index >= 15 is 0 Å². The third-order valence-corrected chi connectivity index (χ3v) is 5.77. The first-order valence-corrected chi connectivity index (χ1v) is 12.0. The van der Waals surface area contributed by atoms with Gasteiger partial charge in [-0.3, -0.25) is 14.8 Å². The zero-order valence-corrected chi connectivity index (χ0v) is 22.1. The number of nitrogen functional groups attached to an aromatic ring is 1. The van der Waals surface area contributed by atoms with E-state index in [0.29, 0.717) is 16.9 Å². The molecule has 0 spiro atoms. The van der Waals surface area contributed by atoms with Gasteiger partial charge in [0.2, 0.25) is 0 Å². The van der Waals surface area contributed by atoms with Gasteiger partial charge in [-0.25, -0.2) is 5.84 Å². The van der Waals surface area contributed by atoms with Crippen LogP contribution in [0.4, 0.5) is 30.2 Å². The van der Waals surface area contributed by atoms with Crippen molar-refractivity contribution in [2.24, 2.45) is 11.6 Å². The number of pyridine rings is 1. The third-order valence-electron chi connectivity index (χ3n) is 5.77. The van der Waals surface area contributed by atoms with Crippen molar-refractivity contribution in [3.05, 3.63) is 82.8 Å². The molecule has 2 aromatic carbocycles. The molecule has 8 N–H and O–H groups in total. The Kier molecular flexibility index (Phi) is 9.04. The molecule has 0 radical (unpaired) electrons. The Bertz CT molecular complexity index is 1370. The number of carbonyl (C=O) groups is 1. The lowest BCUT2D eigenvalue weighted by Gasteiger charge is -2.20. The maximum atomic E-state index is 13.7. The van der Waals surface area contributed by atoms with Gasteiger partial charge in [-0.1, -0.05) is 19.9 Å². The fourth-order valence-electron chi connectivity index (χ4n) is 3.76. The zero-order valence-electron chi connectivity index (χ0n) is 22.1. The number of anilines is 3. The Labute approximate surface area is 224 Å². The molecule has 0 bridgehead atoms. The second-order valence-electron chi connectivity index (χ2n) is 9.20. The van der Waals surface area contributed by atoms with Crippen LogP contribution in [-0.2, 0) is 12.7 Å². The van der Waals surface area contributed by atoms with Crippen LogP contribution in [0.5, 0.6) is 5.75 Å². The Balaban J connectivity index is 1.95. The maximum absolute atomic E-state index is 13.7. The molecule has 3 aromatic rings. The van der Waals surface area contributed by atoms with Crippen LogP contribution in [0.1, 0.15) is 46.5 Å². The fourth-order valence-corrected chi connectivity index (χ4v) is 3.76. The molecule has 0 fully saturated rings. The normalized spacial score (nSPS) is 12.0. The molecule has 9 nitrogen and oxygen atoms in total. The van der Waals surface area contributed by atoms with E-state index in [1.54, 1.807) is 19.1 Å². The quantitative estimate of drug-likeness (QED) is 0.197. The summed E-state index contributed by atoms with van der Waals surface area (Å²) in [7, 11) is 1.33. The average molecular weight is 544 g/mol. The summed E-state index contributed by atoms with van der Waals surface area (Å²) in [5, 5.41) is 6.88. The van der Waals surface area contributed by atoms with Gasteiger partial charge in [0, 0.05) is 47.9 Å². The highest BCUT2D eigenvalue weighted by Gasteiger charge is 2.33. The number of carbonyl (C=O) groups excluding carboxylic acids is 1. The monoisotopic (exact) mass is 543 g/mol. The molecule has 39 heavy (non-hydrogen) atoms. The van der Waals surface area contributed by atoms with E-state index in [0.717, 1.165) is 17.7 Å². The van der Waals surface area contributed by atoms with Gasteiger partial charge in [0.15, 0.2) is 0 Å². The number of nitrogens with one attached hydrogen (secondary N) is 2. The third kappa shape index (κ3) is 7.39. The lowest BCUT2D eigenvalue weighted by molar-refractivity contribution is -0.137. The van der Waals surface area contributed by atoms with E-state index in [1.165, 1.54) is 42.8 Å². The van der Waals surface area contributed by atoms with Crippen LogP contribution in [-0.4, -0.2) is 24.0 Å². The molecule has 1 amide bonds. The number of methoxy groups -OCH3 is 1. The number of nitrogens with two attached hydrogens (primary N) is 3. The lowest BCUT2D eigenvalue weighted by Crippen LogP contribution is -2.27. The SMILES string of the molecule is COc1c(CNC(C)C)cc(C(F)(F)F)cc1NC(=O)c1ccc(C)c(N(N)/C=C(\N)c2cncc(N)c2)c1. The van der Waals surface area contributed by atoms with Crippen LogP contribution >= 0.6 is 0 Å². The van der Waals surface area contributed by atoms with Crippen LogP contribution in [0.3, 0.4) is 0 Å². The van der Waals surface area contributed by atoms with E-state index in [2.05, 4.69) is 15.6 Å². The second-order valence-corrected chi connectivity index (χ2v) is 9.20. The predicted molar refractivity (Wildman–Crippen MR) is 147 cm³/mol. The van der Waals surface area contributed by atoms with Crippen molar-refractivity contribution in [2.75, 3.05) is 23.2 Å². The number of aromatic nitrogens is 1. The summed E-state index contributed by atoms with van der Waals surface area (Å²) in [5.41, 5.74) is 13.7. The van der Waals surface area contributed by atoms with Crippen LogP contribution in [0.15, 0.2) is 55.0 Å². The van der Waals surface area contributed by atoms with Gasteiger partial charge in [0.05, 0.1) is 35.4 Å². The molecule has 0 atom stereocenters. The number of rotatable bonds is 9. The van der Waals surface area contributed by atoms with Crippen LogP contribution in [0, 0.1) is 6.92 Å². The minimum Gasteiger partial charge on any atom is -0.494 e. The van der Waals surface area contributed by atoms with Crippen molar-refractivity contribution in [2.45, 2.75) is 39.5 Å². The van der Waals surface area contributed by atoms with Gasteiger partial charge < -0.3 is 26.8 Å². The van der Waals surface area contributed by atoms with Crippen molar-refractivity contribution < 1.29 is 22.7 Å². The van der Waals surface area contributed by atoms with Gasteiger partial charge in [-0.15, -0.1) is 0 Å². The van der Waals surface area contributed by atoms with Crippen molar-refractivity contribution in [1.82, 2.24) is 10.3 Å². The van der Waals surface area contributed by atoms with Gasteiger partial charge in [0.1, 0.15) is 5.75 Å². The molecule has 0 saturated heterocycles. The first-order valence-electron chi connectivity index (χ1n) is 12.0.